The van der Waals surface area contributed by atoms with Crippen molar-refractivity contribution in [2.75, 3.05) is 27.0 Å². The summed E-state index contributed by atoms with van der Waals surface area (Å²) >= 11 is 3.95. The fraction of sp³-hybridized carbons (Fsp3) is 1.00. The van der Waals surface area contributed by atoms with Crippen LogP contribution >= 0.6 is 20.2 Å². The number of rotatable bonds is 3. The van der Waals surface area contributed by atoms with Gasteiger partial charge in [-0.2, -0.15) is 12.6 Å². The maximum absolute atomic E-state index is 11.4. The van der Waals surface area contributed by atoms with E-state index in [4.69, 9.17) is 5.50 Å². The average molecular weight is 183 g/mol. The monoisotopic (exact) mass is 183 g/mol. The SMILES string of the molecule is CN(C)P(N)(=O)N(C)CS. The molecule has 1 unspecified atom stereocenters. The molecule has 0 aromatic rings. The molecule has 0 heterocycles. The molecule has 0 rings (SSSR count). The standard InChI is InChI=1S/C4H14N3OPS/c1-6(2)9(5,8)7(3)4-10/h10H,4H2,1-3H3,(H2,5,8). The summed E-state index contributed by atoms with van der Waals surface area (Å²) in [6.07, 6.45) is 0. The molecule has 0 aromatic carbocycles. The first-order valence-electron chi connectivity index (χ1n) is 2.81. The van der Waals surface area contributed by atoms with Gasteiger partial charge in [0.2, 0.25) is 0 Å². The fourth-order valence-electron chi connectivity index (χ4n) is 0.396. The fourth-order valence-corrected chi connectivity index (χ4v) is 1.73. The summed E-state index contributed by atoms with van der Waals surface area (Å²) < 4.78 is 14.4. The molecule has 2 N–H and O–H groups in total. The molecule has 0 fully saturated rings. The first-order chi connectivity index (χ1) is 4.42. The van der Waals surface area contributed by atoms with Crippen molar-refractivity contribution in [3.05, 3.63) is 0 Å². The second-order valence-corrected chi connectivity index (χ2v) is 5.18. The highest BCUT2D eigenvalue weighted by Gasteiger charge is 2.23. The predicted octanol–water partition coefficient (Wildman–Crippen LogP) is 0.434. The van der Waals surface area contributed by atoms with Gasteiger partial charge in [-0.15, -0.1) is 0 Å². The zero-order valence-electron chi connectivity index (χ0n) is 6.48. The minimum atomic E-state index is -2.77. The molecule has 0 aromatic heterocycles. The molecule has 0 bridgehead atoms. The van der Waals surface area contributed by atoms with Gasteiger partial charge in [-0.1, -0.05) is 0 Å². The van der Waals surface area contributed by atoms with Crippen molar-refractivity contribution in [3.8, 4) is 0 Å². The van der Waals surface area contributed by atoms with E-state index >= 15 is 0 Å². The van der Waals surface area contributed by atoms with Crippen LogP contribution in [0.25, 0.3) is 0 Å². The summed E-state index contributed by atoms with van der Waals surface area (Å²) in [6, 6.07) is 0. The van der Waals surface area contributed by atoms with Crippen LogP contribution in [0.15, 0.2) is 0 Å². The van der Waals surface area contributed by atoms with Crippen LogP contribution in [0.2, 0.25) is 0 Å². The Morgan fingerprint density at radius 3 is 2.00 bits per heavy atom. The van der Waals surface area contributed by atoms with Crippen LogP contribution in [-0.4, -0.2) is 36.4 Å². The van der Waals surface area contributed by atoms with Crippen molar-refractivity contribution in [1.29, 1.82) is 0 Å². The van der Waals surface area contributed by atoms with Gasteiger partial charge in [-0.05, 0) is 21.1 Å². The quantitative estimate of drug-likeness (QED) is 0.378. The molecule has 0 radical (unpaired) electrons. The van der Waals surface area contributed by atoms with Gasteiger partial charge in [0.1, 0.15) is 0 Å². The number of hydrogen-bond donors (Lipinski definition) is 2. The van der Waals surface area contributed by atoms with Crippen LogP contribution in [-0.2, 0) is 4.57 Å². The van der Waals surface area contributed by atoms with Gasteiger partial charge in [-0.3, -0.25) is 10.1 Å². The van der Waals surface area contributed by atoms with Crippen molar-refractivity contribution in [3.63, 3.8) is 0 Å². The smallest absolute Gasteiger partial charge is 0.271 e. The molecule has 0 saturated heterocycles. The molecule has 0 aliphatic heterocycles. The first kappa shape index (κ1) is 10.5. The number of nitrogens with zero attached hydrogens (tertiary/aromatic N) is 2. The second-order valence-electron chi connectivity index (χ2n) is 2.24. The highest BCUT2D eigenvalue weighted by molar-refractivity contribution is 7.80. The van der Waals surface area contributed by atoms with Crippen molar-refractivity contribution in [1.82, 2.24) is 9.34 Å². The Labute approximate surface area is 67.3 Å². The molecule has 0 aliphatic carbocycles. The van der Waals surface area contributed by atoms with Gasteiger partial charge in [0.25, 0.3) is 7.59 Å². The predicted molar refractivity (Wildman–Crippen MR) is 47.1 cm³/mol. The van der Waals surface area contributed by atoms with Crippen molar-refractivity contribution >= 4 is 20.2 Å². The van der Waals surface area contributed by atoms with Gasteiger partial charge >= 0.3 is 0 Å². The minimum Gasteiger partial charge on any atom is -0.271 e. The van der Waals surface area contributed by atoms with Gasteiger partial charge in [0.05, 0.1) is 0 Å². The van der Waals surface area contributed by atoms with Crippen molar-refractivity contribution < 1.29 is 4.57 Å². The van der Waals surface area contributed by atoms with E-state index in [-0.39, 0.29) is 0 Å². The maximum atomic E-state index is 11.4. The molecule has 0 aliphatic rings. The summed E-state index contributed by atoms with van der Waals surface area (Å²) in [7, 11) is 2.27. The largest absolute Gasteiger partial charge is 0.281 e. The molecule has 4 nitrogen and oxygen atoms in total. The molecule has 6 heteroatoms. The Kier molecular flexibility index (Phi) is 3.91. The number of nitrogens with two attached hydrogens (primary N) is 1. The topological polar surface area (TPSA) is 49.6 Å². The molecular formula is C4H14N3OPS. The summed E-state index contributed by atoms with van der Waals surface area (Å²) in [5.41, 5.74) is 5.47. The van der Waals surface area contributed by atoms with Gasteiger partial charge in [0, 0.05) is 5.88 Å². The van der Waals surface area contributed by atoms with Crippen molar-refractivity contribution in [2.24, 2.45) is 5.50 Å². The lowest BCUT2D eigenvalue weighted by Crippen LogP contribution is -2.28. The van der Waals surface area contributed by atoms with Crippen LogP contribution in [0.3, 0.4) is 0 Å². The molecule has 0 spiro atoms. The van der Waals surface area contributed by atoms with Gasteiger partial charge in [0.15, 0.2) is 0 Å². The van der Waals surface area contributed by atoms with Gasteiger partial charge < -0.3 is 0 Å². The summed E-state index contributed by atoms with van der Waals surface area (Å²) in [4.78, 5) is 0. The molecule has 10 heavy (non-hydrogen) atoms. The molecule has 62 valence electrons. The Hall–Kier alpha value is 0.460. The molecular weight excluding hydrogens is 169 g/mol. The Balaban J connectivity index is 4.25. The van der Waals surface area contributed by atoms with E-state index in [0.29, 0.717) is 5.88 Å². The van der Waals surface area contributed by atoms with E-state index in [1.807, 2.05) is 0 Å². The lowest BCUT2D eigenvalue weighted by Gasteiger charge is -2.27. The van der Waals surface area contributed by atoms with E-state index in [9.17, 15) is 4.57 Å². The third-order valence-electron chi connectivity index (χ3n) is 1.27. The molecule has 1 atom stereocenters. The minimum absolute atomic E-state index is 0.395. The normalized spacial score (nSPS) is 17.9. The van der Waals surface area contributed by atoms with E-state index in [2.05, 4.69) is 12.6 Å². The molecule has 0 saturated carbocycles. The Morgan fingerprint density at radius 2 is 1.90 bits per heavy atom. The zero-order chi connectivity index (χ0) is 8.36. The van der Waals surface area contributed by atoms with E-state index < -0.39 is 7.59 Å². The zero-order valence-corrected chi connectivity index (χ0v) is 8.27. The molecule has 0 amide bonds. The van der Waals surface area contributed by atoms with E-state index in [1.54, 1.807) is 21.1 Å². The average Bonchev–Trinajstić information content (AvgIpc) is 1.86. The van der Waals surface area contributed by atoms with Gasteiger partial charge in [-0.25, -0.2) is 9.34 Å². The van der Waals surface area contributed by atoms with Crippen LogP contribution in [0.4, 0.5) is 0 Å². The summed E-state index contributed by atoms with van der Waals surface area (Å²) in [5.74, 6) is 0.395. The highest BCUT2D eigenvalue weighted by Crippen LogP contribution is 2.41. The Bertz CT molecular complexity index is 151. The summed E-state index contributed by atoms with van der Waals surface area (Å²) in [6.45, 7) is 0. The van der Waals surface area contributed by atoms with Crippen LogP contribution in [0, 0.1) is 0 Å². The maximum Gasteiger partial charge on any atom is 0.281 e. The number of hydrogen-bond acceptors (Lipinski definition) is 2. The van der Waals surface area contributed by atoms with E-state index in [1.165, 1.54) is 9.34 Å². The second kappa shape index (κ2) is 3.74. The summed E-state index contributed by atoms with van der Waals surface area (Å²) in [5, 5.41) is 0. The van der Waals surface area contributed by atoms with Crippen LogP contribution in [0.5, 0.6) is 0 Å². The van der Waals surface area contributed by atoms with Crippen molar-refractivity contribution in [2.45, 2.75) is 0 Å². The lowest BCUT2D eigenvalue weighted by molar-refractivity contribution is 0.444. The third-order valence-corrected chi connectivity index (χ3v) is 4.18. The Morgan fingerprint density at radius 1 is 1.50 bits per heavy atom. The first-order valence-corrected chi connectivity index (χ1v) is 5.13. The van der Waals surface area contributed by atoms with E-state index in [0.717, 1.165) is 0 Å². The lowest BCUT2D eigenvalue weighted by atomic mass is 11.2. The third kappa shape index (κ3) is 2.25. The number of thiol groups is 1. The van der Waals surface area contributed by atoms with Crippen LogP contribution < -0.4 is 5.50 Å². The van der Waals surface area contributed by atoms with Crippen LogP contribution in [0.1, 0.15) is 0 Å². The highest BCUT2D eigenvalue weighted by atomic mass is 32.1.